The molecule has 1 amide bonds. The maximum absolute atomic E-state index is 12.4. The van der Waals surface area contributed by atoms with Crippen LogP contribution in [0.5, 0.6) is 5.75 Å². The molecule has 1 N–H and O–H groups in total. The van der Waals surface area contributed by atoms with Crippen molar-refractivity contribution in [1.82, 2.24) is 14.8 Å². The van der Waals surface area contributed by atoms with E-state index in [-0.39, 0.29) is 11.7 Å². The monoisotopic (exact) mass is 382 g/mol. The molecule has 0 aliphatic rings. The maximum Gasteiger partial charge on any atom is 0.234 e. The molecule has 0 bridgehead atoms. The van der Waals surface area contributed by atoms with Crippen LogP contribution >= 0.6 is 11.8 Å². The van der Waals surface area contributed by atoms with Crippen LogP contribution in [0.2, 0.25) is 0 Å². The van der Waals surface area contributed by atoms with Crippen molar-refractivity contribution in [3.63, 3.8) is 0 Å². The smallest absolute Gasteiger partial charge is 0.234 e. The molecule has 6 nitrogen and oxygen atoms in total. The third-order valence-electron chi connectivity index (χ3n) is 4.34. The van der Waals surface area contributed by atoms with Gasteiger partial charge in [-0.25, -0.2) is 0 Å². The Labute approximate surface area is 163 Å². The predicted octanol–water partition coefficient (Wildman–Crippen LogP) is 3.93. The van der Waals surface area contributed by atoms with Gasteiger partial charge in [-0.3, -0.25) is 9.36 Å². The van der Waals surface area contributed by atoms with Gasteiger partial charge in [0.2, 0.25) is 5.91 Å². The first-order valence-corrected chi connectivity index (χ1v) is 9.53. The first-order chi connectivity index (χ1) is 13.0. The normalized spacial score (nSPS) is 10.7. The van der Waals surface area contributed by atoms with Gasteiger partial charge in [0.1, 0.15) is 11.6 Å². The molecule has 0 radical (unpaired) electrons. The third kappa shape index (κ3) is 4.31. The molecule has 1 aromatic heterocycles. The number of nitrogens with zero attached hydrogens (tertiary/aromatic N) is 3. The highest BCUT2D eigenvalue weighted by Gasteiger charge is 2.14. The number of hydrogen-bond acceptors (Lipinski definition) is 5. The Morgan fingerprint density at radius 3 is 2.56 bits per heavy atom. The highest BCUT2D eigenvalue weighted by Crippen LogP contribution is 2.24. The number of hydrogen-bond donors (Lipinski definition) is 1. The van der Waals surface area contributed by atoms with Crippen molar-refractivity contribution in [3.05, 3.63) is 59.4 Å². The van der Waals surface area contributed by atoms with Crippen LogP contribution in [0.25, 0.3) is 5.69 Å². The van der Waals surface area contributed by atoms with Gasteiger partial charge in [-0.1, -0.05) is 23.9 Å². The van der Waals surface area contributed by atoms with E-state index >= 15 is 0 Å². The molecule has 7 heteroatoms. The molecule has 0 atom stereocenters. The lowest BCUT2D eigenvalue weighted by atomic mass is 10.1. The van der Waals surface area contributed by atoms with Gasteiger partial charge in [-0.05, 0) is 62.2 Å². The average Bonchev–Trinajstić information content (AvgIpc) is 3.04. The minimum atomic E-state index is -0.0735. The Balaban J connectivity index is 1.71. The molecule has 3 aromatic rings. The molecular formula is C20H22N4O2S. The zero-order valence-electron chi connectivity index (χ0n) is 15.8. The van der Waals surface area contributed by atoms with Crippen molar-refractivity contribution in [2.45, 2.75) is 25.9 Å². The predicted molar refractivity (Wildman–Crippen MR) is 108 cm³/mol. The highest BCUT2D eigenvalue weighted by molar-refractivity contribution is 7.99. The summed E-state index contributed by atoms with van der Waals surface area (Å²) in [6.45, 7) is 5.92. The zero-order valence-corrected chi connectivity index (χ0v) is 16.6. The van der Waals surface area contributed by atoms with Gasteiger partial charge in [-0.15, -0.1) is 10.2 Å². The van der Waals surface area contributed by atoms with Crippen LogP contribution in [-0.2, 0) is 4.79 Å². The zero-order chi connectivity index (χ0) is 19.4. The lowest BCUT2D eigenvalue weighted by molar-refractivity contribution is -0.113. The molecule has 140 valence electrons. The van der Waals surface area contributed by atoms with Crippen molar-refractivity contribution >= 4 is 23.4 Å². The number of carbonyl (C=O) groups excluding carboxylic acids is 1. The second kappa shape index (κ2) is 8.26. The van der Waals surface area contributed by atoms with Crippen LogP contribution in [0.4, 0.5) is 5.69 Å². The SMILES string of the molecule is COc1ccc(-n2c(C)nnc2SCC(=O)Nc2cccc(C)c2C)cc1. The minimum Gasteiger partial charge on any atom is -0.497 e. The number of nitrogens with one attached hydrogen (secondary N) is 1. The summed E-state index contributed by atoms with van der Waals surface area (Å²) < 4.78 is 7.13. The first kappa shape index (κ1) is 19.0. The molecule has 3 rings (SSSR count). The number of aryl methyl sites for hydroxylation is 2. The number of amides is 1. The van der Waals surface area contributed by atoms with Crippen molar-refractivity contribution in [3.8, 4) is 11.4 Å². The fourth-order valence-corrected chi connectivity index (χ4v) is 3.47. The summed E-state index contributed by atoms with van der Waals surface area (Å²) in [5.41, 5.74) is 3.99. The second-order valence-corrected chi connectivity index (χ2v) is 7.09. The van der Waals surface area contributed by atoms with Gasteiger partial charge in [0.25, 0.3) is 0 Å². The standard InChI is InChI=1S/C20H22N4O2S/c1-13-6-5-7-18(14(13)2)21-19(25)12-27-20-23-22-15(3)24(20)16-8-10-17(26-4)11-9-16/h5-11H,12H2,1-4H3,(H,21,25). The second-order valence-electron chi connectivity index (χ2n) is 6.15. The highest BCUT2D eigenvalue weighted by atomic mass is 32.2. The topological polar surface area (TPSA) is 69.0 Å². The fraction of sp³-hybridized carbons (Fsp3) is 0.250. The van der Waals surface area contributed by atoms with Gasteiger partial charge in [0, 0.05) is 11.4 Å². The molecule has 0 unspecified atom stereocenters. The Morgan fingerprint density at radius 2 is 1.85 bits per heavy atom. The van der Waals surface area contributed by atoms with Crippen molar-refractivity contribution in [2.24, 2.45) is 0 Å². The van der Waals surface area contributed by atoms with Gasteiger partial charge in [0.05, 0.1) is 12.9 Å². The molecule has 0 fully saturated rings. The van der Waals surface area contributed by atoms with Gasteiger partial charge in [-0.2, -0.15) is 0 Å². The summed E-state index contributed by atoms with van der Waals surface area (Å²) in [5.74, 6) is 1.72. The van der Waals surface area contributed by atoms with Crippen LogP contribution in [0, 0.1) is 20.8 Å². The molecule has 1 heterocycles. The number of thioether (sulfide) groups is 1. The number of aromatic nitrogens is 3. The van der Waals surface area contributed by atoms with E-state index in [1.807, 2.05) is 67.8 Å². The molecule has 0 aliphatic carbocycles. The molecule has 0 saturated carbocycles. The van der Waals surface area contributed by atoms with E-state index in [0.717, 1.165) is 34.1 Å². The van der Waals surface area contributed by atoms with E-state index in [0.29, 0.717) is 5.16 Å². The first-order valence-electron chi connectivity index (χ1n) is 8.55. The quantitative estimate of drug-likeness (QED) is 0.654. The van der Waals surface area contributed by atoms with Gasteiger partial charge >= 0.3 is 0 Å². The molecule has 0 spiro atoms. The molecule has 27 heavy (non-hydrogen) atoms. The minimum absolute atomic E-state index is 0.0735. The lowest BCUT2D eigenvalue weighted by Crippen LogP contribution is -2.15. The molecule has 0 saturated heterocycles. The third-order valence-corrected chi connectivity index (χ3v) is 5.27. The molecule has 0 aliphatic heterocycles. The molecule has 2 aromatic carbocycles. The fourth-order valence-electron chi connectivity index (χ4n) is 2.67. The summed E-state index contributed by atoms with van der Waals surface area (Å²) in [6.07, 6.45) is 0. The number of benzene rings is 2. The van der Waals surface area contributed by atoms with E-state index in [9.17, 15) is 4.79 Å². The maximum atomic E-state index is 12.4. The van der Waals surface area contributed by atoms with Gasteiger partial charge in [0.15, 0.2) is 5.16 Å². The Kier molecular flexibility index (Phi) is 5.81. The van der Waals surface area contributed by atoms with E-state index in [4.69, 9.17) is 4.74 Å². The van der Waals surface area contributed by atoms with Crippen LogP contribution in [0.3, 0.4) is 0 Å². The van der Waals surface area contributed by atoms with Crippen LogP contribution in [0.15, 0.2) is 47.6 Å². The summed E-state index contributed by atoms with van der Waals surface area (Å²) in [4.78, 5) is 12.4. The van der Waals surface area contributed by atoms with E-state index in [1.54, 1.807) is 7.11 Å². The van der Waals surface area contributed by atoms with Crippen molar-refractivity contribution in [1.29, 1.82) is 0 Å². The average molecular weight is 382 g/mol. The van der Waals surface area contributed by atoms with Crippen molar-refractivity contribution in [2.75, 3.05) is 18.2 Å². The Hall–Kier alpha value is -2.80. The van der Waals surface area contributed by atoms with Crippen LogP contribution in [0.1, 0.15) is 17.0 Å². The van der Waals surface area contributed by atoms with E-state index in [2.05, 4.69) is 15.5 Å². The number of carbonyl (C=O) groups is 1. The summed E-state index contributed by atoms with van der Waals surface area (Å²) in [6, 6.07) is 13.5. The van der Waals surface area contributed by atoms with E-state index < -0.39 is 0 Å². The lowest BCUT2D eigenvalue weighted by Gasteiger charge is -2.11. The number of anilines is 1. The van der Waals surface area contributed by atoms with E-state index in [1.165, 1.54) is 11.8 Å². The summed E-state index contributed by atoms with van der Waals surface area (Å²) in [5, 5.41) is 12.0. The van der Waals surface area contributed by atoms with Crippen LogP contribution < -0.4 is 10.1 Å². The van der Waals surface area contributed by atoms with Crippen molar-refractivity contribution < 1.29 is 9.53 Å². The molecular weight excluding hydrogens is 360 g/mol. The largest absolute Gasteiger partial charge is 0.497 e. The summed E-state index contributed by atoms with van der Waals surface area (Å²) in [7, 11) is 1.63. The number of methoxy groups -OCH3 is 1. The Morgan fingerprint density at radius 1 is 1.11 bits per heavy atom. The Bertz CT molecular complexity index is 951. The number of ether oxygens (including phenoxy) is 1. The number of rotatable bonds is 6. The van der Waals surface area contributed by atoms with Gasteiger partial charge < -0.3 is 10.1 Å². The van der Waals surface area contributed by atoms with Crippen LogP contribution in [-0.4, -0.2) is 33.5 Å². The summed E-state index contributed by atoms with van der Waals surface area (Å²) >= 11 is 1.36.